The number of terminal acetylenes is 1. The van der Waals surface area contributed by atoms with E-state index in [4.69, 9.17) is 21.0 Å². The van der Waals surface area contributed by atoms with E-state index in [1.165, 1.54) is 6.07 Å². The van der Waals surface area contributed by atoms with E-state index in [2.05, 4.69) is 17.7 Å². The van der Waals surface area contributed by atoms with Gasteiger partial charge in [0.05, 0.1) is 29.7 Å². The van der Waals surface area contributed by atoms with Gasteiger partial charge in [0, 0.05) is 13.1 Å². The molecule has 0 unspecified atom stereocenters. The van der Waals surface area contributed by atoms with E-state index in [0.29, 0.717) is 25.4 Å². The zero-order valence-corrected chi connectivity index (χ0v) is 19.8. The number of rotatable bonds is 13. The van der Waals surface area contributed by atoms with Crippen LogP contribution in [-0.4, -0.2) is 52.2 Å². The van der Waals surface area contributed by atoms with E-state index in [-0.39, 0.29) is 19.0 Å². The highest BCUT2D eigenvalue weighted by Crippen LogP contribution is 2.33. The van der Waals surface area contributed by atoms with Crippen molar-refractivity contribution in [2.24, 2.45) is 0 Å². The fourth-order valence-electron chi connectivity index (χ4n) is 3.78. The SMILES string of the molecule is C#CCOC[C@H](O)CN(CCC)Cc1c(CC)nn(-c2ccccc2)c1Oc1ccccc1F. The molecule has 0 radical (unpaired) electrons. The number of para-hydroxylation sites is 2. The minimum absolute atomic E-state index is 0.133. The zero-order valence-electron chi connectivity index (χ0n) is 19.8. The van der Waals surface area contributed by atoms with Crippen molar-refractivity contribution in [3.8, 4) is 29.7 Å². The summed E-state index contributed by atoms with van der Waals surface area (Å²) in [5.41, 5.74) is 2.54. The van der Waals surface area contributed by atoms with Gasteiger partial charge in [0.15, 0.2) is 11.6 Å². The molecule has 1 atom stereocenters. The number of aliphatic hydroxyl groups excluding tert-OH is 1. The Kier molecular flexibility index (Phi) is 9.65. The van der Waals surface area contributed by atoms with Gasteiger partial charge in [0.1, 0.15) is 6.61 Å². The third-order valence-corrected chi connectivity index (χ3v) is 5.28. The van der Waals surface area contributed by atoms with Crippen molar-refractivity contribution in [3.63, 3.8) is 0 Å². The fraction of sp³-hybridized carbons (Fsp3) is 0.370. The monoisotopic (exact) mass is 465 g/mol. The average molecular weight is 466 g/mol. The topological polar surface area (TPSA) is 59.8 Å². The molecule has 2 aromatic carbocycles. The van der Waals surface area contributed by atoms with E-state index < -0.39 is 11.9 Å². The van der Waals surface area contributed by atoms with Gasteiger partial charge in [0.25, 0.3) is 0 Å². The summed E-state index contributed by atoms with van der Waals surface area (Å²) in [5, 5.41) is 15.3. The third kappa shape index (κ3) is 6.67. The summed E-state index contributed by atoms with van der Waals surface area (Å²) in [5.74, 6) is 2.56. The summed E-state index contributed by atoms with van der Waals surface area (Å²) in [6.07, 6.45) is 6.11. The van der Waals surface area contributed by atoms with Crippen molar-refractivity contribution in [3.05, 3.63) is 71.7 Å². The van der Waals surface area contributed by atoms with Crippen molar-refractivity contribution in [1.82, 2.24) is 14.7 Å². The Balaban J connectivity index is 1.97. The molecule has 0 bridgehead atoms. The van der Waals surface area contributed by atoms with E-state index in [9.17, 15) is 9.50 Å². The second-order valence-corrected chi connectivity index (χ2v) is 7.97. The normalized spacial score (nSPS) is 12.0. The van der Waals surface area contributed by atoms with Crippen LogP contribution in [0.1, 0.15) is 31.5 Å². The molecule has 0 fully saturated rings. The lowest BCUT2D eigenvalue weighted by Gasteiger charge is -2.25. The highest BCUT2D eigenvalue weighted by molar-refractivity contribution is 5.44. The maximum atomic E-state index is 14.5. The van der Waals surface area contributed by atoms with Gasteiger partial charge in [0.2, 0.25) is 5.88 Å². The zero-order chi connectivity index (χ0) is 24.3. The van der Waals surface area contributed by atoms with Gasteiger partial charge in [-0.3, -0.25) is 4.90 Å². The van der Waals surface area contributed by atoms with Crippen LogP contribution in [0.15, 0.2) is 54.6 Å². The maximum Gasteiger partial charge on any atom is 0.227 e. The number of aromatic nitrogens is 2. The number of hydrogen-bond donors (Lipinski definition) is 1. The molecule has 3 rings (SSSR count). The van der Waals surface area contributed by atoms with Crippen LogP contribution in [0, 0.1) is 18.2 Å². The number of hydrogen-bond acceptors (Lipinski definition) is 5. The smallest absolute Gasteiger partial charge is 0.227 e. The number of aliphatic hydroxyl groups is 1. The Morgan fingerprint density at radius 1 is 1.15 bits per heavy atom. The van der Waals surface area contributed by atoms with Gasteiger partial charge in [-0.25, -0.2) is 9.07 Å². The molecule has 1 N–H and O–H groups in total. The van der Waals surface area contributed by atoms with Crippen LogP contribution in [0.4, 0.5) is 4.39 Å². The number of nitrogens with zero attached hydrogens (tertiary/aromatic N) is 3. The first kappa shape index (κ1) is 25.4. The number of ether oxygens (including phenoxy) is 2. The van der Waals surface area contributed by atoms with Gasteiger partial charge in [-0.15, -0.1) is 6.42 Å². The summed E-state index contributed by atoms with van der Waals surface area (Å²) in [6, 6.07) is 16.0. The number of halogens is 1. The van der Waals surface area contributed by atoms with Crippen LogP contribution < -0.4 is 4.74 Å². The molecule has 0 aliphatic carbocycles. The minimum Gasteiger partial charge on any atom is -0.435 e. The second-order valence-electron chi connectivity index (χ2n) is 7.97. The molecular weight excluding hydrogens is 433 g/mol. The van der Waals surface area contributed by atoms with Gasteiger partial charge < -0.3 is 14.6 Å². The first-order valence-corrected chi connectivity index (χ1v) is 11.6. The summed E-state index contributed by atoms with van der Waals surface area (Å²) in [4.78, 5) is 2.13. The average Bonchev–Trinajstić information content (AvgIpc) is 3.18. The predicted octanol–water partition coefficient (Wildman–Crippen LogP) is 4.59. The first-order valence-electron chi connectivity index (χ1n) is 11.6. The largest absolute Gasteiger partial charge is 0.435 e. The lowest BCUT2D eigenvalue weighted by Crippen LogP contribution is -2.35. The van der Waals surface area contributed by atoms with Gasteiger partial charge in [-0.05, 0) is 43.7 Å². The van der Waals surface area contributed by atoms with Crippen molar-refractivity contribution >= 4 is 0 Å². The standard InChI is InChI=1S/C27H32FN3O3/c1-4-16-30(18-22(32)20-33-17-5-2)19-23-25(6-3)29-31(21-12-8-7-9-13-21)27(23)34-26-15-11-10-14-24(26)28/h2,7-15,22,32H,4,6,16-20H2,1,3H3/t22-/m1/s1. The molecule has 0 spiro atoms. The summed E-state index contributed by atoms with van der Waals surface area (Å²) in [7, 11) is 0. The van der Waals surface area contributed by atoms with Crippen molar-refractivity contribution in [2.45, 2.75) is 39.3 Å². The quantitative estimate of drug-likeness (QED) is 0.296. The third-order valence-electron chi connectivity index (χ3n) is 5.28. The Hall–Kier alpha value is -3.18. The summed E-state index contributed by atoms with van der Waals surface area (Å²) >= 11 is 0. The van der Waals surface area contributed by atoms with Gasteiger partial charge in [-0.1, -0.05) is 50.1 Å². The van der Waals surface area contributed by atoms with Crippen LogP contribution in [-0.2, 0) is 17.7 Å². The van der Waals surface area contributed by atoms with Crippen LogP contribution in [0.3, 0.4) is 0 Å². The molecule has 0 aliphatic rings. The highest BCUT2D eigenvalue weighted by atomic mass is 19.1. The molecule has 1 aromatic heterocycles. The predicted molar refractivity (Wildman–Crippen MR) is 131 cm³/mol. The van der Waals surface area contributed by atoms with E-state index in [1.54, 1.807) is 22.9 Å². The van der Waals surface area contributed by atoms with Gasteiger partial charge in [-0.2, -0.15) is 5.10 Å². The van der Waals surface area contributed by atoms with Crippen molar-refractivity contribution in [1.29, 1.82) is 0 Å². The number of aryl methyl sites for hydroxylation is 1. The van der Waals surface area contributed by atoms with E-state index in [1.807, 2.05) is 37.3 Å². The van der Waals surface area contributed by atoms with Crippen molar-refractivity contribution < 1.29 is 19.0 Å². The Morgan fingerprint density at radius 3 is 2.56 bits per heavy atom. The molecule has 34 heavy (non-hydrogen) atoms. The van der Waals surface area contributed by atoms with Crippen LogP contribution in [0.5, 0.6) is 11.6 Å². The highest BCUT2D eigenvalue weighted by Gasteiger charge is 2.24. The van der Waals surface area contributed by atoms with Crippen molar-refractivity contribution in [2.75, 3.05) is 26.3 Å². The molecule has 6 nitrogen and oxygen atoms in total. The first-order chi connectivity index (χ1) is 16.6. The summed E-state index contributed by atoms with van der Waals surface area (Å²) in [6.45, 7) is 6.07. The molecule has 0 saturated carbocycles. The van der Waals surface area contributed by atoms with Crippen LogP contribution >= 0.6 is 0 Å². The Bertz CT molecular complexity index is 1080. The Labute approximate surface area is 200 Å². The number of benzene rings is 2. The van der Waals surface area contributed by atoms with Gasteiger partial charge >= 0.3 is 0 Å². The molecule has 1 heterocycles. The fourth-order valence-corrected chi connectivity index (χ4v) is 3.78. The van der Waals surface area contributed by atoms with Crippen LogP contribution in [0.25, 0.3) is 5.69 Å². The second kappa shape index (κ2) is 12.9. The lowest BCUT2D eigenvalue weighted by atomic mass is 10.1. The summed E-state index contributed by atoms with van der Waals surface area (Å²) < 4.78 is 27.7. The minimum atomic E-state index is -0.690. The van der Waals surface area contributed by atoms with Crippen LogP contribution in [0.2, 0.25) is 0 Å². The molecule has 0 aliphatic heterocycles. The Morgan fingerprint density at radius 2 is 1.88 bits per heavy atom. The lowest BCUT2D eigenvalue weighted by molar-refractivity contribution is 0.0259. The molecular formula is C27H32FN3O3. The molecule has 180 valence electrons. The molecule has 0 amide bonds. The van der Waals surface area contributed by atoms with E-state index in [0.717, 1.165) is 29.9 Å². The molecule has 0 saturated heterocycles. The van der Waals surface area contributed by atoms with E-state index >= 15 is 0 Å². The molecule has 3 aromatic rings. The molecule has 7 heteroatoms. The maximum absolute atomic E-state index is 14.5.